The van der Waals surface area contributed by atoms with Crippen LogP contribution in [0.4, 0.5) is 4.79 Å². The van der Waals surface area contributed by atoms with Crippen LogP contribution < -0.4 is 5.32 Å². The molecule has 0 radical (unpaired) electrons. The number of nitrogens with one attached hydrogen (secondary N) is 1. The third-order valence-corrected chi connectivity index (χ3v) is 4.96. The number of imide groups is 1. The minimum absolute atomic E-state index is 0.0765. The molecule has 1 N–H and O–H groups in total. The molecule has 8 heteroatoms. The van der Waals surface area contributed by atoms with Gasteiger partial charge in [0.1, 0.15) is 11.2 Å². The third kappa shape index (κ3) is 2.71. The van der Waals surface area contributed by atoms with Gasteiger partial charge in [-0.1, -0.05) is 35.3 Å². The van der Waals surface area contributed by atoms with Crippen molar-refractivity contribution in [3.63, 3.8) is 0 Å². The number of halogens is 2. The van der Waals surface area contributed by atoms with E-state index in [1.165, 1.54) is 0 Å². The molecule has 4 rings (SSSR count). The summed E-state index contributed by atoms with van der Waals surface area (Å²) in [4.78, 5) is 31.0. The van der Waals surface area contributed by atoms with Gasteiger partial charge in [0.15, 0.2) is 0 Å². The third-order valence-electron chi connectivity index (χ3n) is 4.48. The lowest BCUT2D eigenvalue weighted by molar-refractivity contribution is -0.131. The van der Waals surface area contributed by atoms with Crippen molar-refractivity contribution in [2.75, 3.05) is 0 Å². The summed E-state index contributed by atoms with van der Waals surface area (Å²) < 4.78 is 1.76. The number of fused-ring (bicyclic) bond motifs is 1. The zero-order valence-electron chi connectivity index (χ0n) is 13.7. The molecule has 3 aromatic rings. The van der Waals surface area contributed by atoms with Gasteiger partial charge in [-0.3, -0.25) is 9.69 Å². The van der Waals surface area contributed by atoms with Crippen LogP contribution in [0, 0.1) is 0 Å². The van der Waals surface area contributed by atoms with Gasteiger partial charge in [0.25, 0.3) is 5.91 Å². The lowest BCUT2D eigenvalue weighted by atomic mass is 9.92. The van der Waals surface area contributed by atoms with E-state index < -0.39 is 11.6 Å². The number of rotatable bonds is 3. The predicted octanol–water partition coefficient (Wildman–Crippen LogP) is 3.61. The van der Waals surface area contributed by atoms with Gasteiger partial charge in [-0.25, -0.2) is 9.78 Å². The maximum Gasteiger partial charge on any atom is 0.325 e. The highest BCUT2D eigenvalue weighted by Crippen LogP contribution is 2.30. The molecule has 0 aliphatic carbocycles. The minimum Gasteiger partial charge on any atom is -0.319 e. The molecule has 2 aromatic heterocycles. The fraction of sp³-hybridized carbons (Fsp3) is 0.167. The second-order valence-corrected chi connectivity index (χ2v) is 7.17. The maximum atomic E-state index is 13.0. The van der Waals surface area contributed by atoms with Crippen LogP contribution in [0.2, 0.25) is 10.0 Å². The van der Waals surface area contributed by atoms with Gasteiger partial charge in [-0.15, -0.1) is 0 Å². The molecule has 26 heavy (non-hydrogen) atoms. The summed E-state index contributed by atoms with van der Waals surface area (Å²) in [7, 11) is 0. The average molecular weight is 389 g/mol. The number of carbonyl (C=O) groups is 2. The van der Waals surface area contributed by atoms with Crippen molar-refractivity contribution >= 4 is 40.8 Å². The first kappa shape index (κ1) is 16.9. The van der Waals surface area contributed by atoms with Gasteiger partial charge in [-0.05, 0) is 36.8 Å². The molecule has 1 aliphatic rings. The van der Waals surface area contributed by atoms with Crippen LogP contribution in [0.15, 0.2) is 48.8 Å². The van der Waals surface area contributed by atoms with Crippen LogP contribution in [0.1, 0.15) is 18.2 Å². The molecule has 1 unspecified atom stereocenters. The molecule has 0 spiro atoms. The van der Waals surface area contributed by atoms with Crippen LogP contribution in [0.3, 0.4) is 0 Å². The van der Waals surface area contributed by atoms with E-state index in [1.54, 1.807) is 60.1 Å². The summed E-state index contributed by atoms with van der Waals surface area (Å²) in [5, 5.41) is 3.91. The maximum absolute atomic E-state index is 13.0. The molecule has 0 bridgehead atoms. The highest BCUT2D eigenvalue weighted by molar-refractivity contribution is 6.30. The fourth-order valence-electron chi connectivity index (χ4n) is 3.07. The molecule has 0 saturated carbocycles. The largest absolute Gasteiger partial charge is 0.325 e. The number of hydrogen-bond acceptors (Lipinski definition) is 3. The van der Waals surface area contributed by atoms with Crippen LogP contribution in [-0.2, 0) is 16.9 Å². The van der Waals surface area contributed by atoms with E-state index in [1.807, 2.05) is 0 Å². The molecule has 3 heterocycles. The van der Waals surface area contributed by atoms with Crippen molar-refractivity contribution in [3.05, 3.63) is 70.1 Å². The summed E-state index contributed by atoms with van der Waals surface area (Å²) in [5.41, 5.74) is 0.821. The van der Waals surface area contributed by atoms with Gasteiger partial charge >= 0.3 is 6.03 Å². The quantitative estimate of drug-likeness (QED) is 0.696. The molecule has 6 nitrogen and oxygen atoms in total. The van der Waals surface area contributed by atoms with Crippen LogP contribution in [0.25, 0.3) is 5.65 Å². The van der Waals surface area contributed by atoms with Gasteiger partial charge in [0.2, 0.25) is 0 Å². The second-order valence-electron chi connectivity index (χ2n) is 6.30. The van der Waals surface area contributed by atoms with Crippen molar-refractivity contribution in [2.24, 2.45) is 0 Å². The van der Waals surface area contributed by atoms with E-state index in [0.29, 0.717) is 26.9 Å². The summed E-state index contributed by atoms with van der Waals surface area (Å²) >= 11 is 11.9. The highest BCUT2D eigenvalue weighted by atomic mass is 35.5. The Morgan fingerprint density at radius 3 is 2.46 bits per heavy atom. The Hall–Kier alpha value is -2.57. The normalized spacial score (nSPS) is 20.0. The Balaban J connectivity index is 1.63. The smallest absolute Gasteiger partial charge is 0.319 e. The number of amides is 3. The first-order chi connectivity index (χ1) is 12.4. The van der Waals surface area contributed by atoms with Crippen LogP contribution in [0.5, 0.6) is 0 Å². The van der Waals surface area contributed by atoms with E-state index in [-0.39, 0.29) is 12.5 Å². The van der Waals surface area contributed by atoms with E-state index in [0.717, 1.165) is 4.90 Å². The Bertz CT molecular complexity index is 1030. The number of urea groups is 1. The first-order valence-electron chi connectivity index (χ1n) is 7.90. The monoisotopic (exact) mass is 388 g/mol. The molecule has 1 fully saturated rings. The van der Waals surface area contributed by atoms with Gasteiger partial charge < -0.3 is 9.72 Å². The molecule has 1 aliphatic heterocycles. The first-order valence-corrected chi connectivity index (χ1v) is 8.66. The summed E-state index contributed by atoms with van der Waals surface area (Å²) in [6, 6.07) is 9.90. The lowest BCUT2D eigenvalue weighted by Gasteiger charge is -2.22. The Morgan fingerprint density at radius 1 is 1.04 bits per heavy atom. The molecule has 1 saturated heterocycles. The molecular weight excluding hydrogens is 375 g/mol. The molecule has 3 amide bonds. The topological polar surface area (TPSA) is 66.7 Å². The lowest BCUT2D eigenvalue weighted by Crippen LogP contribution is -2.40. The van der Waals surface area contributed by atoms with Crippen molar-refractivity contribution < 1.29 is 9.59 Å². The fourth-order valence-corrected chi connectivity index (χ4v) is 3.37. The summed E-state index contributed by atoms with van der Waals surface area (Å²) in [6.07, 6.45) is 3.47. The van der Waals surface area contributed by atoms with Gasteiger partial charge in [0.05, 0.1) is 17.3 Å². The number of aromatic nitrogens is 2. The van der Waals surface area contributed by atoms with E-state index >= 15 is 0 Å². The van der Waals surface area contributed by atoms with Crippen molar-refractivity contribution in [3.8, 4) is 0 Å². The standard InChI is InChI=1S/C18H14Cl2N4O2/c1-18(11-2-4-12(19)5-3-11)16(25)24(17(26)22-18)10-14-9-23-8-13(20)6-7-15(23)21-14/h2-9H,10H2,1H3,(H,22,26). The van der Waals surface area contributed by atoms with Gasteiger partial charge in [-0.2, -0.15) is 0 Å². The number of hydrogen-bond donors (Lipinski definition) is 1. The average Bonchev–Trinajstić information content (AvgIpc) is 3.09. The minimum atomic E-state index is -1.13. The number of nitrogens with zero attached hydrogens (tertiary/aromatic N) is 3. The Kier molecular flexibility index (Phi) is 3.89. The molecule has 1 atom stereocenters. The molecule has 132 valence electrons. The summed E-state index contributed by atoms with van der Waals surface area (Å²) in [5.74, 6) is -0.333. The Labute approximate surface area is 159 Å². The number of imidazole rings is 1. The number of carbonyl (C=O) groups excluding carboxylic acids is 2. The number of pyridine rings is 1. The SMILES string of the molecule is CC1(c2ccc(Cl)cc2)NC(=O)N(Cc2cn3cc(Cl)ccc3n2)C1=O. The molecular formula is C18H14Cl2N4O2. The zero-order chi connectivity index (χ0) is 18.5. The zero-order valence-corrected chi connectivity index (χ0v) is 15.3. The van der Waals surface area contributed by atoms with E-state index in [2.05, 4.69) is 10.3 Å². The van der Waals surface area contributed by atoms with Crippen LogP contribution >= 0.6 is 23.2 Å². The van der Waals surface area contributed by atoms with E-state index in [4.69, 9.17) is 23.2 Å². The highest BCUT2D eigenvalue weighted by Gasteiger charge is 2.49. The van der Waals surface area contributed by atoms with Crippen LogP contribution in [-0.4, -0.2) is 26.2 Å². The van der Waals surface area contributed by atoms with Crippen molar-refractivity contribution in [2.45, 2.75) is 19.0 Å². The Morgan fingerprint density at radius 2 is 1.73 bits per heavy atom. The van der Waals surface area contributed by atoms with Crippen molar-refractivity contribution in [1.29, 1.82) is 0 Å². The summed E-state index contributed by atoms with van der Waals surface area (Å²) in [6.45, 7) is 1.76. The number of benzene rings is 1. The molecule has 1 aromatic carbocycles. The predicted molar refractivity (Wildman–Crippen MR) is 98.1 cm³/mol. The van der Waals surface area contributed by atoms with Gasteiger partial charge in [0, 0.05) is 17.4 Å². The van der Waals surface area contributed by atoms with Crippen molar-refractivity contribution in [1.82, 2.24) is 19.6 Å². The second kappa shape index (κ2) is 6.00. The van der Waals surface area contributed by atoms with E-state index in [9.17, 15) is 9.59 Å².